The van der Waals surface area contributed by atoms with Crippen LogP contribution in [0.5, 0.6) is 5.75 Å². The second-order valence-electron chi connectivity index (χ2n) is 6.63. The van der Waals surface area contributed by atoms with Crippen molar-refractivity contribution < 1.29 is 9.53 Å². The van der Waals surface area contributed by atoms with Gasteiger partial charge >= 0.3 is 0 Å². The zero-order valence-electron chi connectivity index (χ0n) is 16.2. The molecule has 0 unspecified atom stereocenters. The van der Waals surface area contributed by atoms with Crippen LogP contribution in [-0.2, 0) is 4.79 Å². The summed E-state index contributed by atoms with van der Waals surface area (Å²) in [5.41, 5.74) is 2.73. The number of aromatic nitrogens is 1. The molecule has 2 aromatic carbocycles. The number of para-hydroxylation sites is 1. The van der Waals surface area contributed by atoms with Crippen molar-refractivity contribution in [1.82, 2.24) is 9.88 Å². The molecule has 6 heteroatoms. The molecular weight excluding hydrogens is 370 g/mol. The van der Waals surface area contributed by atoms with Crippen LogP contribution in [0.4, 0.5) is 5.69 Å². The molecule has 0 radical (unpaired) electrons. The van der Waals surface area contributed by atoms with Crippen molar-refractivity contribution >= 4 is 22.9 Å². The minimum atomic E-state index is -0.0295. The van der Waals surface area contributed by atoms with Gasteiger partial charge in [-0.25, -0.2) is 4.98 Å². The third-order valence-electron chi connectivity index (χ3n) is 4.17. The van der Waals surface area contributed by atoms with Gasteiger partial charge in [-0.3, -0.25) is 9.69 Å². The molecule has 0 aliphatic heterocycles. The van der Waals surface area contributed by atoms with Gasteiger partial charge in [-0.2, -0.15) is 0 Å². The lowest BCUT2D eigenvalue weighted by Gasteiger charge is -2.16. The second kappa shape index (κ2) is 10.0. The molecule has 0 atom stereocenters. The van der Waals surface area contributed by atoms with Crippen LogP contribution in [0.1, 0.15) is 11.4 Å². The molecule has 0 bridgehead atoms. The summed E-state index contributed by atoms with van der Waals surface area (Å²) in [6.07, 6.45) is 0.858. The van der Waals surface area contributed by atoms with E-state index in [0.29, 0.717) is 13.2 Å². The molecule has 28 heavy (non-hydrogen) atoms. The molecule has 3 rings (SSSR count). The lowest BCUT2D eigenvalue weighted by molar-refractivity contribution is -0.117. The predicted octanol–water partition coefficient (Wildman–Crippen LogP) is 4.46. The van der Waals surface area contributed by atoms with Crippen LogP contribution in [-0.4, -0.2) is 42.5 Å². The van der Waals surface area contributed by atoms with Crippen molar-refractivity contribution in [3.05, 3.63) is 65.0 Å². The van der Waals surface area contributed by atoms with E-state index in [9.17, 15) is 4.79 Å². The molecule has 1 heterocycles. The Morgan fingerprint density at radius 2 is 2.00 bits per heavy atom. The summed E-state index contributed by atoms with van der Waals surface area (Å²) >= 11 is 1.62. The summed E-state index contributed by atoms with van der Waals surface area (Å²) in [6, 6.07) is 17.6. The van der Waals surface area contributed by atoms with Crippen molar-refractivity contribution in [1.29, 1.82) is 0 Å². The van der Waals surface area contributed by atoms with E-state index in [1.54, 1.807) is 11.3 Å². The highest BCUT2D eigenvalue weighted by Gasteiger charge is 2.09. The number of thiazole rings is 1. The maximum Gasteiger partial charge on any atom is 0.238 e. The van der Waals surface area contributed by atoms with Gasteiger partial charge in [-0.05, 0) is 44.7 Å². The number of amides is 1. The van der Waals surface area contributed by atoms with E-state index in [4.69, 9.17) is 4.74 Å². The van der Waals surface area contributed by atoms with E-state index in [-0.39, 0.29) is 5.91 Å². The third-order valence-corrected chi connectivity index (χ3v) is 4.94. The van der Waals surface area contributed by atoms with Crippen molar-refractivity contribution in [2.45, 2.75) is 13.3 Å². The van der Waals surface area contributed by atoms with E-state index in [2.05, 4.69) is 10.3 Å². The van der Waals surface area contributed by atoms with Crippen LogP contribution >= 0.6 is 11.3 Å². The van der Waals surface area contributed by atoms with Crippen molar-refractivity contribution in [2.75, 3.05) is 32.1 Å². The first-order valence-corrected chi connectivity index (χ1v) is 10.2. The summed E-state index contributed by atoms with van der Waals surface area (Å²) in [5, 5.41) is 6.03. The number of rotatable bonds is 9. The van der Waals surface area contributed by atoms with E-state index in [0.717, 1.165) is 40.7 Å². The van der Waals surface area contributed by atoms with Crippen LogP contribution in [0.15, 0.2) is 60.0 Å². The van der Waals surface area contributed by atoms with Crippen LogP contribution in [0.2, 0.25) is 0 Å². The standard InChI is InChI=1S/C22H25N3O2S/c1-17-23-21(16-28-17)18-8-6-9-19(14-18)24-22(26)15-25(2)12-7-13-27-20-10-4-3-5-11-20/h3-6,8-11,14,16H,7,12-13,15H2,1-2H3,(H,24,26). The average molecular weight is 396 g/mol. The van der Waals surface area contributed by atoms with Gasteiger partial charge in [-0.1, -0.05) is 30.3 Å². The monoisotopic (exact) mass is 395 g/mol. The maximum atomic E-state index is 12.3. The van der Waals surface area contributed by atoms with Crippen LogP contribution in [0.25, 0.3) is 11.3 Å². The molecule has 0 saturated heterocycles. The van der Waals surface area contributed by atoms with Crippen LogP contribution in [0.3, 0.4) is 0 Å². The Kier molecular flexibility index (Phi) is 7.17. The zero-order chi connectivity index (χ0) is 19.8. The lowest BCUT2D eigenvalue weighted by Crippen LogP contribution is -2.31. The van der Waals surface area contributed by atoms with Crippen molar-refractivity contribution in [3.63, 3.8) is 0 Å². The minimum absolute atomic E-state index is 0.0295. The Hall–Kier alpha value is -2.70. The molecule has 0 fully saturated rings. The Morgan fingerprint density at radius 3 is 2.75 bits per heavy atom. The number of nitrogens with one attached hydrogen (secondary N) is 1. The molecule has 0 saturated carbocycles. The Balaban J connectivity index is 1.42. The normalized spacial score (nSPS) is 10.8. The van der Waals surface area contributed by atoms with Gasteiger partial charge in [0.05, 0.1) is 23.9 Å². The first kappa shape index (κ1) is 20.0. The smallest absolute Gasteiger partial charge is 0.238 e. The van der Waals surface area contributed by atoms with E-state index in [1.807, 2.05) is 78.8 Å². The molecule has 1 N–H and O–H groups in total. The van der Waals surface area contributed by atoms with Gasteiger partial charge < -0.3 is 10.1 Å². The number of likely N-dealkylation sites (N-methyl/N-ethyl adjacent to an activating group) is 1. The Bertz CT molecular complexity index is 896. The van der Waals surface area contributed by atoms with E-state index >= 15 is 0 Å². The highest BCUT2D eigenvalue weighted by atomic mass is 32.1. The SMILES string of the molecule is Cc1nc(-c2cccc(NC(=O)CN(C)CCCOc3ccccc3)c2)cs1. The van der Waals surface area contributed by atoms with E-state index < -0.39 is 0 Å². The number of anilines is 1. The molecule has 0 aliphatic rings. The zero-order valence-corrected chi connectivity index (χ0v) is 17.0. The largest absolute Gasteiger partial charge is 0.494 e. The number of carbonyl (C=O) groups is 1. The summed E-state index contributed by atoms with van der Waals surface area (Å²) in [5.74, 6) is 0.844. The number of hydrogen-bond acceptors (Lipinski definition) is 5. The van der Waals surface area contributed by atoms with Crippen molar-refractivity contribution in [3.8, 4) is 17.0 Å². The maximum absolute atomic E-state index is 12.3. The van der Waals surface area contributed by atoms with Crippen LogP contribution < -0.4 is 10.1 Å². The fourth-order valence-electron chi connectivity index (χ4n) is 2.82. The highest BCUT2D eigenvalue weighted by molar-refractivity contribution is 7.09. The molecular formula is C22H25N3O2S. The van der Waals surface area contributed by atoms with Gasteiger partial charge in [0.2, 0.25) is 5.91 Å². The second-order valence-corrected chi connectivity index (χ2v) is 7.70. The molecule has 0 spiro atoms. The predicted molar refractivity (Wildman–Crippen MR) is 115 cm³/mol. The first-order chi connectivity index (χ1) is 13.6. The highest BCUT2D eigenvalue weighted by Crippen LogP contribution is 2.24. The molecule has 1 amide bonds. The number of carbonyl (C=O) groups excluding carboxylic acids is 1. The molecule has 146 valence electrons. The number of aryl methyl sites for hydroxylation is 1. The van der Waals surface area contributed by atoms with Crippen molar-refractivity contribution in [2.24, 2.45) is 0 Å². The van der Waals surface area contributed by atoms with E-state index in [1.165, 1.54) is 0 Å². The fourth-order valence-corrected chi connectivity index (χ4v) is 3.44. The van der Waals surface area contributed by atoms with Gasteiger partial charge in [0.15, 0.2) is 0 Å². The summed E-state index contributed by atoms with van der Waals surface area (Å²) < 4.78 is 5.68. The minimum Gasteiger partial charge on any atom is -0.494 e. The summed E-state index contributed by atoms with van der Waals surface area (Å²) in [4.78, 5) is 18.8. The molecule has 0 aliphatic carbocycles. The Labute approximate surface area is 170 Å². The number of hydrogen-bond donors (Lipinski definition) is 1. The topological polar surface area (TPSA) is 54.5 Å². The summed E-state index contributed by atoms with van der Waals surface area (Å²) in [6.45, 7) is 3.75. The number of ether oxygens (including phenoxy) is 1. The van der Waals surface area contributed by atoms with Gasteiger partial charge in [-0.15, -0.1) is 11.3 Å². The molecule has 3 aromatic rings. The third kappa shape index (κ3) is 6.18. The lowest BCUT2D eigenvalue weighted by atomic mass is 10.1. The number of nitrogens with zero attached hydrogens (tertiary/aromatic N) is 2. The fraction of sp³-hybridized carbons (Fsp3) is 0.273. The van der Waals surface area contributed by atoms with Gasteiger partial charge in [0.1, 0.15) is 5.75 Å². The average Bonchev–Trinajstić information content (AvgIpc) is 3.13. The Morgan fingerprint density at radius 1 is 1.18 bits per heavy atom. The summed E-state index contributed by atoms with van der Waals surface area (Å²) in [7, 11) is 1.94. The molecule has 1 aromatic heterocycles. The molecule has 5 nitrogen and oxygen atoms in total. The number of benzene rings is 2. The van der Waals surface area contributed by atoms with Gasteiger partial charge in [0, 0.05) is 23.2 Å². The van der Waals surface area contributed by atoms with Gasteiger partial charge in [0.25, 0.3) is 0 Å². The first-order valence-electron chi connectivity index (χ1n) is 9.29. The quantitative estimate of drug-likeness (QED) is 0.544. The van der Waals surface area contributed by atoms with Crippen LogP contribution in [0, 0.1) is 6.92 Å².